The lowest BCUT2D eigenvalue weighted by Gasteiger charge is -2.21. The van der Waals surface area contributed by atoms with Gasteiger partial charge in [-0.15, -0.1) is 11.3 Å². The monoisotopic (exact) mass is 327 g/mol. The molecule has 120 valence electrons. The molecule has 0 spiro atoms. The summed E-state index contributed by atoms with van der Waals surface area (Å²) < 4.78 is 0. The minimum Gasteiger partial charge on any atom is -0.351 e. The SMILES string of the molecule is Cc1cc(C)c2c(C#N)c(C(=O)NCC3CCCCC3)sc2n1. The van der Waals surface area contributed by atoms with Crippen molar-refractivity contribution < 1.29 is 4.79 Å². The third-order valence-electron chi connectivity index (χ3n) is 4.58. The predicted octanol–water partition coefficient (Wildman–Crippen LogP) is 4.09. The Morgan fingerprint density at radius 1 is 1.39 bits per heavy atom. The highest BCUT2D eigenvalue weighted by molar-refractivity contribution is 7.20. The average Bonchev–Trinajstić information content (AvgIpc) is 2.92. The molecule has 0 radical (unpaired) electrons. The molecular weight excluding hydrogens is 306 g/mol. The van der Waals surface area contributed by atoms with Gasteiger partial charge in [0, 0.05) is 17.6 Å². The second-order valence-electron chi connectivity index (χ2n) is 6.39. The summed E-state index contributed by atoms with van der Waals surface area (Å²) in [5.74, 6) is 0.446. The van der Waals surface area contributed by atoms with E-state index in [1.807, 2.05) is 19.9 Å². The second-order valence-corrected chi connectivity index (χ2v) is 7.39. The topological polar surface area (TPSA) is 65.8 Å². The molecule has 0 aromatic carbocycles. The van der Waals surface area contributed by atoms with Crippen molar-refractivity contribution in [3.05, 3.63) is 27.8 Å². The van der Waals surface area contributed by atoms with Crippen molar-refractivity contribution in [2.45, 2.75) is 46.0 Å². The van der Waals surface area contributed by atoms with Crippen LogP contribution in [0.15, 0.2) is 6.07 Å². The van der Waals surface area contributed by atoms with Crippen LogP contribution in [0.2, 0.25) is 0 Å². The fourth-order valence-electron chi connectivity index (χ4n) is 3.42. The van der Waals surface area contributed by atoms with Gasteiger partial charge in [-0.05, 0) is 44.2 Å². The van der Waals surface area contributed by atoms with Crippen LogP contribution in [0.1, 0.15) is 58.6 Å². The summed E-state index contributed by atoms with van der Waals surface area (Å²) in [4.78, 5) is 18.3. The molecule has 5 heteroatoms. The summed E-state index contributed by atoms with van der Waals surface area (Å²) in [7, 11) is 0. The molecule has 1 N–H and O–H groups in total. The van der Waals surface area contributed by atoms with Gasteiger partial charge < -0.3 is 5.32 Å². The number of nitrogens with zero attached hydrogens (tertiary/aromatic N) is 2. The zero-order chi connectivity index (χ0) is 16.4. The molecule has 0 unspecified atom stereocenters. The van der Waals surface area contributed by atoms with Gasteiger partial charge >= 0.3 is 0 Å². The molecule has 1 aliphatic rings. The van der Waals surface area contributed by atoms with E-state index in [1.54, 1.807) is 0 Å². The van der Waals surface area contributed by atoms with Crippen molar-refractivity contribution in [1.82, 2.24) is 10.3 Å². The third-order valence-corrected chi connectivity index (χ3v) is 5.66. The summed E-state index contributed by atoms with van der Waals surface area (Å²) in [5, 5.41) is 13.4. The lowest BCUT2D eigenvalue weighted by Crippen LogP contribution is -2.30. The summed E-state index contributed by atoms with van der Waals surface area (Å²) in [6, 6.07) is 4.17. The molecule has 2 aromatic rings. The summed E-state index contributed by atoms with van der Waals surface area (Å²) in [5.41, 5.74) is 2.39. The fraction of sp³-hybridized carbons (Fsp3) is 0.500. The number of hydrogen-bond donors (Lipinski definition) is 1. The first-order valence-electron chi connectivity index (χ1n) is 8.19. The van der Waals surface area contributed by atoms with Crippen molar-refractivity contribution in [2.24, 2.45) is 5.92 Å². The fourth-order valence-corrected chi connectivity index (χ4v) is 4.58. The summed E-state index contributed by atoms with van der Waals surface area (Å²) >= 11 is 1.33. The Hall–Kier alpha value is -1.93. The van der Waals surface area contributed by atoms with Crippen LogP contribution in [0.3, 0.4) is 0 Å². The molecule has 1 saturated carbocycles. The number of carbonyl (C=O) groups is 1. The van der Waals surface area contributed by atoms with E-state index in [-0.39, 0.29) is 5.91 Å². The molecule has 2 aromatic heterocycles. The number of aromatic nitrogens is 1. The van der Waals surface area contributed by atoms with E-state index >= 15 is 0 Å². The maximum absolute atomic E-state index is 12.6. The number of carbonyl (C=O) groups excluding carboxylic acids is 1. The molecule has 1 fully saturated rings. The van der Waals surface area contributed by atoms with Crippen LogP contribution < -0.4 is 5.32 Å². The smallest absolute Gasteiger partial charge is 0.262 e. The zero-order valence-corrected chi connectivity index (χ0v) is 14.4. The number of pyridine rings is 1. The van der Waals surface area contributed by atoms with Crippen molar-refractivity contribution >= 4 is 27.5 Å². The number of amides is 1. The van der Waals surface area contributed by atoms with Crippen molar-refractivity contribution in [2.75, 3.05) is 6.54 Å². The van der Waals surface area contributed by atoms with Gasteiger partial charge in [-0.25, -0.2) is 4.98 Å². The number of hydrogen-bond acceptors (Lipinski definition) is 4. The molecule has 23 heavy (non-hydrogen) atoms. The number of nitrogens with one attached hydrogen (secondary N) is 1. The van der Waals surface area contributed by atoms with Gasteiger partial charge in [0.25, 0.3) is 5.91 Å². The maximum atomic E-state index is 12.6. The number of fused-ring (bicyclic) bond motifs is 1. The molecule has 3 rings (SSSR count). The van der Waals surface area contributed by atoms with E-state index in [1.165, 1.54) is 43.4 Å². The molecule has 0 aliphatic heterocycles. The molecule has 4 nitrogen and oxygen atoms in total. The van der Waals surface area contributed by atoms with Gasteiger partial charge in [-0.3, -0.25) is 4.79 Å². The largest absolute Gasteiger partial charge is 0.351 e. The van der Waals surface area contributed by atoms with Gasteiger partial charge in [0.15, 0.2) is 0 Å². The minimum atomic E-state index is -0.132. The Kier molecular flexibility index (Phi) is 4.63. The highest BCUT2D eigenvalue weighted by Crippen LogP contribution is 2.32. The molecule has 0 saturated heterocycles. The molecule has 1 amide bonds. The summed E-state index contributed by atoms with van der Waals surface area (Å²) in [6.45, 7) is 4.61. The van der Waals surface area contributed by atoms with E-state index in [0.29, 0.717) is 22.9 Å². The number of nitriles is 1. The Labute approximate surface area is 140 Å². The van der Waals surface area contributed by atoms with Crippen LogP contribution >= 0.6 is 11.3 Å². The second kappa shape index (κ2) is 6.67. The van der Waals surface area contributed by atoms with Crippen LogP contribution in [-0.2, 0) is 0 Å². The third kappa shape index (κ3) is 3.23. The van der Waals surface area contributed by atoms with Crippen LogP contribution in [0.5, 0.6) is 0 Å². The van der Waals surface area contributed by atoms with Crippen LogP contribution in [0, 0.1) is 31.1 Å². The number of rotatable bonds is 3. The lowest BCUT2D eigenvalue weighted by molar-refractivity contribution is 0.0947. The Balaban J connectivity index is 1.85. The van der Waals surface area contributed by atoms with Gasteiger partial charge in [0.05, 0.1) is 5.56 Å². The number of thiophene rings is 1. The highest BCUT2D eigenvalue weighted by atomic mass is 32.1. The van der Waals surface area contributed by atoms with E-state index in [9.17, 15) is 10.1 Å². The van der Waals surface area contributed by atoms with Crippen LogP contribution in [0.4, 0.5) is 0 Å². The normalized spacial score (nSPS) is 15.5. The average molecular weight is 327 g/mol. The van der Waals surface area contributed by atoms with Crippen molar-refractivity contribution in [1.29, 1.82) is 5.26 Å². The van der Waals surface area contributed by atoms with Gasteiger partial charge in [-0.2, -0.15) is 5.26 Å². The van der Waals surface area contributed by atoms with Crippen molar-refractivity contribution in [3.8, 4) is 6.07 Å². The first-order chi connectivity index (χ1) is 11.1. The Morgan fingerprint density at radius 2 is 2.13 bits per heavy atom. The molecule has 0 atom stereocenters. The van der Waals surface area contributed by atoms with Crippen molar-refractivity contribution in [3.63, 3.8) is 0 Å². The van der Waals surface area contributed by atoms with E-state index < -0.39 is 0 Å². The van der Waals surface area contributed by atoms with Crippen LogP contribution in [-0.4, -0.2) is 17.4 Å². The van der Waals surface area contributed by atoms with E-state index in [0.717, 1.165) is 21.5 Å². The standard InChI is InChI=1S/C18H21N3OS/c1-11-8-12(2)21-18-15(11)14(9-19)16(23-18)17(22)20-10-13-6-4-3-5-7-13/h8,13H,3-7,10H2,1-2H3,(H,20,22). The first kappa shape index (κ1) is 15.9. The van der Waals surface area contributed by atoms with Gasteiger partial charge in [0.1, 0.15) is 15.8 Å². The maximum Gasteiger partial charge on any atom is 0.262 e. The molecule has 2 heterocycles. The molecular formula is C18H21N3OS. The Morgan fingerprint density at radius 3 is 2.83 bits per heavy atom. The summed E-state index contributed by atoms with van der Waals surface area (Å²) in [6.07, 6.45) is 6.21. The van der Waals surface area contributed by atoms with Gasteiger partial charge in [-0.1, -0.05) is 19.3 Å². The quantitative estimate of drug-likeness (QED) is 0.923. The van der Waals surface area contributed by atoms with E-state index in [4.69, 9.17) is 0 Å². The predicted molar refractivity (Wildman–Crippen MR) is 92.7 cm³/mol. The first-order valence-corrected chi connectivity index (χ1v) is 9.01. The Bertz CT molecular complexity index is 782. The zero-order valence-electron chi connectivity index (χ0n) is 13.6. The van der Waals surface area contributed by atoms with E-state index in [2.05, 4.69) is 16.4 Å². The minimum absolute atomic E-state index is 0.132. The highest BCUT2D eigenvalue weighted by Gasteiger charge is 2.22. The lowest BCUT2D eigenvalue weighted by atomic mass is 9.89. The van der Waals surface area contributed by atoms with Crippen LogP contribution in [0.25, 0.3) is 10.2 Å². The molecule has 0 bridgehead atoms. The number of aryl methyl sites for hydroxylation is 2. The van der Waals surface area contributed by atoms with Gasteiger partial charge in [0.2, 0.25) is 0 Å². The molecule has 1 aliphatic carbocycles.